The molecular formula is C6H7N3. The number of nitrogens with zero attached hydrogens (tertiary/aromatic N) is 2. The second kappa shape index (κ2) is 1.55. The van der Waals surface area contributed by atoms with Crippen LogP contribution in [0.4, 0.5) is 0 Å². The summed E-state index contributed by atoms with van der Waals surface area (Å²) in [6, 6.07) is 1.94. The fourth-order valence-electron chi connectivity index (χ4n) is 0.793. The molecule has 2 rings (SSSR count). The molecular weight excluding hydrogens is 114 g/mol. The van der Waals surface area contributed by atoms with E-state index in [-0.39, 0.29) is 1.43 Å². The number of fused-ring (bicyclic) bond motifs is 1. The van der Waals surface area contributed by atoms with E-state index in [1.807, 2.05) is 12.3 Å². The highest BCUT2D eigenvalue weighted by Gasteiger charge is 1.89. The van der Waals surface area contributed by atoms with Gasteiger partial charge in [0.1, 0.15) is 12.0 Å². The monoisotopic (exact) mass is 121 g/mol. The molecule has 0 bridgehead atoms. The number of aromatic nitrogens is 3. The van der Waals surface area contributed by atoms with Crippen molar-refractivity contribution >= 4 is 11.0 Å². The Morgan fingerprint density at radius 2 is 2.56 bits per heavy atom. The van der Waals surface area contributed by atoms with Crippen molar-refractivity contribution in [2.75, 3.05) is 0 Å². The van der Waals surface area contributed by atoms with Gasteiger partial charge >= 0.3 is 0 Å². The van der Waals surface area contributed by atoms with Gasteiger partial charge in [-0.3, -0.25) is 0 Å². The molecule has 0 atom stereocenters. The van der Waals surface area contributed by atoms with Gasteiger partial charge in [0.05, 0.1) is 0 Å². The van der Waals surface area contributed by atoms with E-state index in [9.17, 15) is 0 Å². The summed E-state index contributed by atoms with van der Waals surface area (Å²) in [5.41, 5.74) is 0.894. The maximum atomic E-state index is 3.97. The molecule has 0 saturated heterocycles. The number of aromatic amines is 1. The molecule has 2 aromatic rings. The molecule has 0 aliphatic rings. The van der Waals surface area contributed by atoms with Gasteiger partial charge in [0.2, 0.25) is 0 Å². The van der Waals surface area contributed by atoms with E-state index in [1.54, 1.807) is 6.20 Å². The van der Waals surface area contributed by atoms with Crippen LogP contribution >= 0.6 is 0 Å². The van der Waals surface area contributed by atoms with Crippen molar-refractivity contribution in [1.29, 1.82) is 0 Å². The highest BCUT2D eigenvalue weighted by Crippen LogP contribution is 2.03. The summed E-state index contributed by atoms with van der Waals surface area (Å²) in [6.45, 7) is 0. The van der Waals surface area contributed by atoms with Gasteiger partial charge < -0.3 is 4.98 Å². The number of hydrogen-bond donors (Lipinski definition) is 1. The largest absolute Gasteiger partial charge is 0.346 e. The van der Waals surface area contributed by atoms with Crippen LogP contribution in [0.2, 0.25) is 0 Å². The average Bonchev–Trinajstić information content (AvgIpc) is 2.33. The minimum absolute atomic E-state index is 0. The van der Waals surface area contributed by atoms with Crippen molar-refractivity contribution in [3.05, 3.63) is 24.8 Å². The quantitative estimate of drug-likeness (QED) is 0.569. The molecule has 0 saturated carbocycles. The van der Waals surface area contributed by atoms with E-state index in [4.69, 9.17) is 0 Å². The molecule has 1 N–H and O–H groups in total. The Morgan fingerprint density at radius 3 is 3.44 bits per heavy atom. The van der Waals surface area contributed by atoms with Gasteiger partial charge in [-0.25, -0.2) is 9.97 Å². The Morgan fingerprint density at radius 1 is 1.56 bits per heavy atom. The van der Waals surface area contributed by atoms with Gasteiger partial charge in [0.25, 0.3) is 0 Å². The second-order valence-electron chi connectivity index (χ2n) is 1.80. The molecule has 2 heterocycles. The molecule has 0 radical (unpaired) electrons. The summed E-state index contributed by atoms with van der Waals surface area (Å²) in [6.07, 6.45) is 5.15. The third-order valence-electron chi connectivity index (χ3n) is 1.22. The maximum absolute atomic E-state index is 3.97. The molecule has 0 aliphatic heterocycles. The molecule has 46 valence electrons. The number of rotatable bonds is 0. The first-order chi connectivity index (χ1) is 4.47. The predicted octanol–water partition coefficient (Wildman–Crippen LogP) is 1.20. The van der Waals surface area contributed by atoms with Gasteiger partial charge in [-0.2, -0.15) is 0 Å². The van der Waals surface area contributed by atoms with Crippen molar-refractivity contribution < 1.29 is 1.43 Å². The van der Waals surface area contributed by atoms with E-state index < -0.39 is 0 Å². The van der Waals surface area contributed by atoms with Crippen molar-refractivity contribution in [3.63, 3.8) is 0 Å². The van der Waals surface area contributed by atoms with Gasteiger partial charge in [-0.05, 0) is 6.07 Å². The van der Waals surface area contributed by atoms with Crippen molar-refractivity contribution in [2.45, 2.75) is 0 Å². The Kier molecular flexibility index (Phi) is 0.773. The average molecular weight is 121 g/mol. The van der Waals surface area contributed by atoms with Crippen LogP contribution in [-0.2, 0) is 0 Å². The van der Waals surface area contributed by atoms with E-state index in [1.165, 1.54) is 6.33 Å². The van der Waals surface area contributed by atoms with Gasteiger partial charge in [0.15, 0.2) is 0 Å². The molecule has 0 aromatic carbocycles. The SMILES string of the molecule is [HH].c1ncc2cc[nH]c2n1. The van der Waals surface area contributed by atoms with Crippen LogP contribution < -0.4 is 0 Å². The zero-order valence-corrected chi connectivity index (χ0v) is 4.70. The maximum Gasteiger partial charge on any atom is 0.140 e. The highest BCUT2D eigenvalue weighted by atomic mass is 14.9. The summed E-state index contributed by atoms with van der Waals surface area (Å²) < 4.78 is 0. The lowest BCUT2D eigenvalue weighted by molar-refractivity contribution is 1.20. The lowest BCUT2D eigenvalue weighted by Crippen LogP contribution is -1.75. The first-order valence-electron chi connectivity index (χ1n) is 2.70. The van der Waals surface area contributed by atoms with Crippen LogP contribution in [0.5, 0.6) is 0 Å². The molecule has 0 unspecified atom stereocenters. The topological polar surface area (TPSA) is 41.6 Å². The molecule has 0 aliphatic carbocycles. The van der Waals surface area contributed by atoms with Crippen molar-refractivity contribution in [1.82, 2.24) is 15.0 Å². The van der Waals surface area contributed by atoms with E-state index >= 15 is 0 Å². The third-order valence-corrected chi connectivity index (χ3v) is 1.22. The lowest BCUT2D eigenvalue weighted by atomic mass is 10.4. The minimum Gasteiger partial charge on any atom is -0.346 e. The Labute approximate surface area is 53.2 Å². The molecule has 9 heavy (non-hydrogen) atoms. The fourth-order valence-corrected chi connectivity index (χ4v) is 0.793. The van der Waals surface area contributed by atoms with Crippen molar-refractivity contribution in [3.8, 4) is 0 Å². The summed E-state index contributed by atoms with van der Waals surface area (Å²) >= 11 is 0. The summed E-state index contributed by atoms with van der Waals surface area (Å²) in [5.74, 6) is 0. The van der Waals surface area contributed by atoms with E-state index in [0.717, 1.165) is 11.0 Å². The first-order valence-corrected chi connectivity index (χ1v) is 2.70. The molecule has 0 fully saturated rings. The zero-order valence-electron chi connectivity index (χ0n) is 4.70. The third kappa shape index (κ3) is 0.579. The number of nitrogens with one attached hydrogen (secondary N) is 1. The standard InChI is InChI=1S/C6H5N3.H2/c1-2-8-6-5(1)3-7-4-9-6;/h1-4H,(H,7,8,9);1H. The second-order valence-corrected chi connectivity index (χ2v) is 1.80. The number of H-pyrrole nitrogens is 1. The van der Waals surface area contributed by atoms with Gasteiger partial charge in [0, 0.05) is 19.2 Å². The van der Waals surface area contributed by atoms with Crippen LogP contribution in [0.1, 0.15) is 1.43 Å². The van der Waals surface area contributed by atoms with Crippen molar-refractivity contribution in [2.24, 2.45) is 0 Å². The summed E-state index contributed by atoms with van der Waals surface area (Å²) in [4.78, 5) is 10.8. The normalized spacial score (nSPS) is 10.2. The summed E-state index contributed by atoms with van der Waals surface area (Å²) in [7, 11) is 0. The molecule has 3 heteroatoms. The fraction of sp³-hybridized carbons (Fsp3) is 0. The highest BCUT2D eigenvalue weighted by molar-refractivity contribution is 5.73. The Bertz CT molecular complexity index is 287. The Balaban J connectivity index is 0.000000500. The van der Waals surface area contributed by atoms with Crippen LogP contribution in [0.25, 0.3) is 11.0 Å². The van der Waals surface area contributed by atoms with E-state index in [2.05, 4.69) is 15.0 Å². The molecule has 0 amide bonds. The molecule has 3 nitrogen and oxygen atoms in total. The van der Waals surface area contributed by atoms with Gasteiger partial charge in [-0.1, -0.05) is 0 Å². The van der Waals surface area contributed by atoms with Crippen LogP contribution in [0, 0.1) is 0 Å². The number of hydrogen-bond acceptors (Lipinski definition) is 2. The molecule has 0 spiro atoms. The minimum atomic E-state index is 0. The Hall–Kier alpha value is -1.38. The first kappa shape index (κ1) is 4.49. The van der Waals surface area contributed by atoms with Crippen LogP contribution in [-0.4, -0.2) is 15.0 Å². The van der Waals surface area contributed by atoms with Gasteiger partial charge in [-0.15, -0.1) is 0 Å². The molecule has 2 aromatic heterocycles. The predicted molar refractivity (Wildman–Crippen MR) is 36.0 cm³/mol. The van der Waals surface area contributed by atoms with Crippen LogP contribution in [0.15, 0.2) is 24.8 Å². The van der Waals surface area contributed by atoms with Crippen LogP contribution in [0.3, 0.4) is 0 Å². The van der Waals surface area contributed by atoms with E-state index in [0.29, 0.717) is 0 Å². The smallest absolute Gasteiger partial charge is 0.140 e. The summed E-state index contributed by atoms with van der Waals surface area (Å²) in [5, 5.41) is 1.05. The zero-order chi connectivity index (χ0) is 6.10. The lowest BCUT2D eigenvalue weighted by Gasteiger charge is -1.81.